The predicted molar refractivity (Wildman–Crippen MR) is 115 cm³/mol. The van der Waals surface area contributed by atoms with E-state index in [1.165, 1.54) is 0 Å². The topological polar surface area (TPSA) is 128 Å². The van der Waals surface area contributed by atoms with Crippen molar-refractivity contribution in [1.29, 1.82) is 0 Å². The Morgan fingerprint density at radius 3 is 2.44 bits per heavy atom. The number of aryl methyl sites for hydroxylation is 1. The first kappa shape index (κ1) is 24.0. The number of hydrogen-bond acceptors (Lipinski definition) is 7. The van der Waals surface area contributed by atoms with Gasteiger partial charge in [-0.1, -0.05) is 6.07 Å². The fraction of sp³-hybridized carbons (Fsp3) is 0.609. The summed E-state index contributed by atoms with van der Waals surface area (Å²) in [5.74, 6) is -0.320. The van der Waals surface area contributed by atoms with Crippen LogP contribution in [0.5, 0.6) is 5.75 Å². The number of carboxylic acid groups (broad SMARTS) is 1. The Morgan fingerprint density at radius 2 is 1.84 bits per heavy atom. The van der Waals surface area contributed by atoms with Gasteiger partial charge in [-0.05, 0) is 50.3 Å². The lowest BCUT2D eigenvalue weighted by Crippen LogP contribution is -2.45. The highest BCUT2D eigenvalue weighted by Gasteiger charge is 2.51. The second-order valence-electron chi connectivity index (χ2n) is 8.96. The predicted octanol–water partition coefficient (Wildman–Crippen LogP) is 1.40. The Morgan fingerprint density at radius 1 is 1.22 bits per heavy atom. The number of aliphatic hydroxyl groups is 1. The van der Waals surface area contributed by atoms with Gasteiger partial charge in [-0.2, -0.15) is 0 Å². The summed E-state index contributed by atoms with van der Waals surface area (Å²) in [7, 11) is 0. The number of cyclic esters (lactones) is 1. The van der Waals surface area contributed by atoms with E-state index in [4.69, 9.17) is 14.6 Å². The third-order valence-corrected chi connectivity index (χ3v) is 6.74. The third kappa shape index (κ3) is 5.39. The van der Waals surface area contributed by atoms with Crippen LogP contribution in [-0.2, 0) is 14.3 Å². The molecule has 3 aliphatic heterocycles. The monoisotopic (exact) mass is 448 g/mol. The molecule has 1 atom stereocenters. The number of nitrogens with zero attached hydrogens (tertiary/aromatic N) is 2. The van der Waals surface area contributed by atoms with Crippen molar-refractivity contribution in [3.8, 4) is 5.75 Å². The highest BCUT2D eigenvalue weighted by atomic mass is 16.6. The number of amides is 1. The number of carbonyl (C=O) groups is 3. The van der Waals surface area contributed by atoms with Crippen LogP contribution >= 0.6 is 0 Å². The van der Waals surface area contributed by atoms with Crippen molar-refractivity contribution in [1.82, 2.24) is 9.80 Å². The minimum atomic E-state index is -0.494. The van der Waals surface area contributed by atoms with Crippen LogP contribution in [0.15, 0.2) is 18.2 Å². The minimum Gasteiger partial charge on any atom is -0.507 e. The number of carbonyl (C=O) groups excluding carboxylic acids is 2. The molecule has 9 nitrogen and oxygen atoms in total. The number of ether oxygens (including phenoxy) is 1. The fourth-order valence-corrected chi connectivity index (χ4v) is 4.87. The van der Waals surface area contributed by atoms with E-state index >= 15 is 0 Å². The van der Waals surface area contributed by atoms with Gasteiger partial charge in [0.15, 0.2) is 0 Å². The summed E-state index contributed by atoms with van der Waals surface area (Å²) in [6.07, 6.45) is 3.12. The van der Waals surface area contributed by atoms with E-state index in [0.29, 0.717) is 37.9 Å². The first-order valence-electron chi connectivity index (χ1n) is 11.1. The van der Waals surface area contributed by atoms with E-state index < -0.39 is 5.41 Å². The van der Waals surface area contributed by atoms with Gasteiger partial charge in [-0.15, -0.1) is 0 Å². The first-order valence-corrected chi connectivity index (χ1v) is 11.1. The Hall–Kier alpha value is -2.65. The van der Waals surface area contributed by atoms with Crippen molar-refractivity contribution in [3.63, 3.8) is 0 Å². The van der Waals surface area contributed by atoms with Gasteiger partial charge in [0.1, 0.15) is 11.9 Å². The lowest BCUT2D eigenvalue weighted by molar-refractivity contribution is -0.151. The Kier molecular flexibility index (Phi) is 7.73. The largest absolute Gasteiger partial charge is 0.507 e. The molecule has 3 fully saturated rings. The second-order valence-corrected chi connectivity index (χ2v) is 8.96. The molecule has 0 aliphatic carbocycles. The lowest BCUT2D eigenvalue weighted by atomic mass is 9.76. The molecular formula is C23H32N2O7. The van der Waals surface area contributed by atoms with Gasteiger partial charge in [0.25, 0.3) is 12.4 Å². The average molecular weight is 449 g/mol. The molecule has 3 saturated heterocycles. The molecule has 9 heteroatoms. The van der Waals surface area contributed by atoms with Crippen LogP contribution in [0, 0.1) is 12.3 Å². The fourth-order valence-electron chi connectivity index (χ4n) is 4.87. The molecule has 1 spiro atoms. The number of aromatic hydroxyl groups is 1. The highest BCUT2D eigenvalue weighted by molar-refractivity contribution is 5.97. The quantitative estimate of drug-likeness (QED) is 0.468. The third-order valence-electron chi connectivity index (χ3n) is 6.74. The van der Waals surface area contributed by atoms with Gasteiger partial charge in [0.05, 0.1) is 17.1 Å². The van der Waals surface area contributed by atoms with Crippen molar-refractivity contribution >= 4 is 18.3 Å². The molecule has 4 rings (SSSR count). The molecule has 3 N–H and O–H groups in total. The van der Waals surface area contributed by atoms with E-state index in [2.05, 4.69) is 4.90 Å². The molecule has 0 saturated carbocycles. The molecule has 1 aromatic rings. The lowest BCUT2D eigenvalue weighted by Gasteiger charge is -2.36. The van der Waals surface area contributed by atoms with E-state index in [0.717, 1.165) is 38.0 Å². The van der Waals surface area contributed by atoms with Gasteiger partial charge >= 0.3 is 5.97 Å². The first-order chi connectivity index (χ1) is 15.3. The van der Waals surface area contributed by atoms with Gasteiger partial charge < -0.3 is 25.0 Å². The summed E-state index contributed by atoms with van der Waals surface area (Å²) in [6.45, 7) is 5.00. The van der Waals surface area contributed by atoms with Crippen LogP contribution in [0.2, 0.25) is 0 Å². The molecular weight excluding hydrogens is 416 g/mol. The number of aliphatic hydroxyl groups excluding tert-OH is 1. The number of likely N-dealkylation sites (tertiary alicyclic amines) is 2. The maximum absolute atomic E-state index is 12.8. The van der Waals surface area contributed by atoms with E-state index in [1.807, 2.05) is 13.0 Å². The summed E-state index contributed by atoms with van der Waals surface area (Å²) < 4.78 is 5.71. The molecule has 3 heterocycles. The van der Waals surface area contributed by atoms with E-state index in [-0.39, 0.29) is 36.3 Å². The van der Waals surface area contributed by atoms with Crippen LogP contribution in [0.25, 0.3) is 0 Å². The number of phenolic OH excluding ortho intramolecular Hbond substituents is 1. The molecule has 0 bridgehead atoms. The van der Waals surface area contributed by atoms with Gasteiger partial charge in [-0.3, -0.25) is 19.3 Å². The zero-order valence-corrected chi connectivity index (χ0v) is 18.4. The molecule has 1 amide bonds. The Bertz CT molecular complexity index is 828. The number of hydrogen-bond donors (Lipinski definition) is 3. The summed E-state index contributed by atoms with van der Waals surface area (Å²) in [4.78, 5) is 37.8. The summed E-state index contributed by atoms with van der Waals surface area (Å²) in [5, 5.41) is 26.6. The second kappa shape index (κ2) is 10.3. The van der Waals surface area contributed by atoms with Crippen LogP contribution in [0.1, 0.15) is 48.0 Å². The molecule has 0 aromatic heterocycles. The number of phenols is 1. The van der Waals surface area contributed by atoms with Crippen LogP contribution < -0.4 is 0 Å². The van der Waals surface area contributed by atoms with Crippen LogP contribution in [0.4, 0.5) is 0 Å². The molecule has 176 valence electrons. The van der Waals surface area contributed by atoms with Crippen LogP contribution in [-0.4, -0.2) is 88.4 Å². The number of esters is 1. The van der Waals surface area contributed by atoms with Crippen molar-refractivity contribution in [2.45, 2.75) is 51.2 Å². The van der Waals surface area contributed by atoms with Crippen LogP contribution in [0.3, 0.4) is 0 Å². The maximum Gasteiger partial charge on any atom is 0.312 e. The average Bonchev–Trinajstić information content (AvgIpc) is 3.05. The zero-order chi connectivity index (χ0) is 23.3. The Labute approximate surface area is 187 Å². The summed E-state index contributed by atoms with van der Waals surface area (Å²) >= 11 is 0. The highest BCUT2D eigenvalue weighted by Crippen LogP contribution is 2.43. The number of benzene rings is 1. The van der Waals surface area contributed by atoms with Crippen molar-refractivity contribution in [3.05, 3.63) is 29.3 Å². The standard InChI is InChI=1S/C22H30N2O5.CH2O2/c1-15-2-3-18(19(26)12-15)20(27)24-10-6-22(7-11-24)13-17(29-21(22)28)14-23-8-4-16(25)5-9-23;2-1-3/h2-3,12,16-17,25-26H,4-11,13-14H2,1H3;1H,(H,2,3). The van der Waals surface area contributed by atoms with Gasteiger partial charge in [0.2, 0.25) is 0 Å². The molecule has 32 heavy (non-hydrogen) atoms. The SMILES string of the molecule is Cc1ccc(C(=O)N2CCC3(CC2)CC(CN2CCC(O)CC2)OC3=O)c(O)c1.O=CO. The zero-order valence-electron chi connectivity index (χ0n) is 18.4. The summed E-state index contributed by atoms with van der Waals surface area (Å²) in [5.41, 5.74) is 0.719. The van der Waals surface area contributed by atoms with Gasteiger partial charge in [0, 0.05) is 39.1 Å². The molecule has 0 radical (unpaired) electrons. The molecule has 1 unspecified atom stereocenters. The molecule has 1 aromatic carbocycles. The van der Waals surface area contributed by atoms with Crippen molar-refractivity contribution in [2.24, 2.45) is 5.41 Å². The smallest absolute Gasteiger partial charge is 0.312 e. The maximum atomic E-state index is 12.8. The number of rotatable bonds is 3. The van der Waals surface area contributed by atoms with Gasteiger partial charge in [-0.25, -0.2) is 0 Å². The van der Waals surface area contributed by atoms with E-state index in [9.17, 15) is 19.8 Å². The molecule has 3 aliphatic rings. The minimum absolute atomic E-state index is 0.00211. The Balaban J connectivity index is 0.000000913. The normalized spacial score (nSPS) is 23.4. The number of piperidine rings is 2. The van der Waals surface area contributed by atoms with Crippen molar-refractivity contribution in [2.75, 3.05) is 32.7 Å². The van der Waals surface area contributed by atoms with Crippen molar-refractivity contribution < 1.29 is 34.4 Å². The van der Waals surface area contributed by atoms with E-state index in [1.54, 1.807) is 17.0 Å². The summed E-state index contributed by atoms with van der Waals surface area (Å²) in [6, 6.07) is 5.07.